The van der Waals surface area contributed by atoms with Crippen molar-refractivity contribution in [3.05, 3.63) is 52.0 Å². The first-order valence-electron chi connectivity index (χ1n) is 12.2. The van der Waals surface area contributed by atoms with Crippen molar-refractivity contribution in [3.63, 3.8) is 0 Å². The Morgan fingerprint density at radius 3 is 2.76 bits per heavy atom. The number of nitrogens with zero attached hydrogens (tertiary/aromatic N) is 1. The van der Waals surface area contributed by atoms with E-state index < -0.39 is 29.7 Å². The van der Waals surface area contributed by atoms with Crippen LogP contribution in [0.25, 0.3) is 0 Å². The molecular weight excluding hydrogens is 509 g/mol. The number of alkyl halides is 3. The number of aliphatic hydroxyl groups is 1. The summed E-state index contributed by atoms with van der Waals surface area (Å²) in [7, 11) is 1.64. The summed E-state index contributed by atoms with van der Waals surface area (Å²) in [5, 5.41) is 19.6. The van der Waals surface area contributed by atoms with E-state index in [1.54, 1.807) is 18.8 Å². The highest BCUT2D eigenvalue weighted by Crippen LogP contribution is 2.46. The number of aliphatic hydroxyl groups excluding tert-OH is 1. The van der Waals surface area contributed by atoms with Crippen LogP contribution >= 0.6 is 11.3 Å². The quantitative estimate of drug-likeness (QED) is 0.409. The lowest BCUT2D eigenvalue weighted by Crippen LogP contribution is -2.50. The molecule has 4 rings (SSSR count). The number of halogens is 3. The average Bonchev–Trinajstić information content (AvgIpc) is 3.55. The minimum Gasteiger partial charge on any atom is -0.392 e. The number of methoxy groups -OCH3 is 1. The van der Waals surface area contributed by atoms with Gasteiger partial charge in [0, 0.05) is 55.4 Å². The smallest absolute Gasteiger partial charge is 0.392 e. The zero-order valence-corrected chi connectivity index (χ0v) is 21.1. The highest BCUT2D eigenvalue weighted by Gasteiger charge is 2.46. The Morgan fingerprint density at radius 2 is 2.05 bits per heavy atom. The van der Waals surface area contributed by atoms with E-state index >= 15 is 0 Å². The molecule has 1 aliphatic heterocycles. The van der Waals surface area contributed by atoms with E-state index in [-0.39, 0.29) is 41.8 Å². The number of aromatic nitrogens is 1. The van der Waals surface area contributed by atoms with Gasteiger partial charge in [-0.15, -0.1) is 11.3 Å². The number of hydrogen-bond donors (Lipinski definition) is 4. The Balaban J connectivity index is 1.38. The fourth-order valence-electron chi connectivity index (χ4n) is 5.71. The van der Waals surface area contributed by atoms with Crippen LogP contribution in [0.4, 0.5) is 13.2 Å². The van der Waals surface area contributed by atoms with E-state index in [1.807, 2.05) is 0 Å². The lowest BCUT2D eigenvalue weighted by molar-refractivity contribution is -0.137. The van der Waals surface area contributed by atoms with Crippen molar-refractivity contribution in [2.45, 2.75) is 37.1 Å². The number of hydrogen-bond acceptors (Lipinski definition) is 7. The predicted molar refractivity (Wildman–Crippen MR) is 131 cm³/mol. The molecule has 2 aliphatic rings. The topological polar surface area (TPSA) is 113 Å². The molecule has 1 aromatic heterocycles. The molecule has 2 amide bonds. The number of thiazole rings is 1. The van der Waals surface area contributed by atoms with Gasteiger partial charge in [-0.25, -0.2) is 0 Å². The Labute approximate surface area is 217 Å². The van der Waals surface area contributed by atoms with Crippen molar-refractivity contribution in [1.29, 1.82) is 0 Å². The summed E-state index contributed by atoms with van der Waals surface area (Å²) in [6.07, 6.45) is -1.84. The molecule has 1 aliphatic carbocycles. The van der Waals surface area contributed by atoms with Crippen LogP contribution < -0.4 is 16.0 Å². The number of nitrogens with one attached hydrogen (secondary N) is 3. The Kier molecular flexibility index (Phi) is 8.83. The molecule has 5 unspecified atom stereocenters. The second-order valence-corrected chi connectivity index (χ2v) is 10.5. The van der Waals surface area contributed by atoms with E-state index in [0.717, 1.165) is 29.5 Å². The third-order valence-corrected chi connectivity index (χ3v) is 8.26. The van der Waals surface area contributed by atoms with Crippen molar-refractivity contribution in [1.82, 2.24) is 20.9 Å². The van der Waals surface area contributed by atoms with Gasteiger partial charge in [0.1, 0.15) is 0 Å². The minimum absolute atomic E-state index is 0.0408. The number of carbonyl (C=O) groups is 2. The predicted octanol–water partition coefficient (Wildman–Crippen LogP) is 2.41. The van der Waals surface area contributed by atoms with Crippen LogP contribution in [0.3, 0.4) is 0 Å². The van der Waals surface area contributed by atoms with E-state index in [2.05, 4.69) is 20.9 Å². The zero-order valence-electron chi connectivity index (χ0n) is 20.3. The molecule has 37 heavy (non-hydrogen) atoms. The molecule has 0 bridgehead atoms. The van der Waals surface area contributed by atoms with Crippen molar-refractivity contribution in [2.75, 3.05) is 33.4 Å². The number of amides is 2. The fraction of sp³-hybridized carbons (Fsp3) is 0.560. The molecule has 2 heterocycles. The SMILES string of the molecule is COCC1C(C2CNC[C@@H]2NC(=O)CNC(=O)c2cccc(C(F)(F)F)c2)CCC(O)C1c1cncs1. The molecule has 12 heteroatoms. The third kappa shape index (κ3) is 6.49. The van der Waals surface area contributed by atoms with Crippen LogP contribution in [0.1, 0.15) is 39.6 Å². The maximum absolute atomic E-state index is 12.9. The molecule has 8 nitrogen and oxygen atoms in total. The van der Waals surface area contributed by atoms with E-state index in [0.29, 0.717) is 26.1 Å². The van der Waals surface area contributed by atoms with Gasteiger partial charge in [-0.1, -0.05) is 6.07 Å². The van der Waals surface area contributed by atoms with Crippen molar-refractivity contribution < 1.29 is 32.6 Å². The minimum atomic E-state index is -4.56. The molecule has 2 fully saturated rings. The Bertz CT molecular complexity index is 1070. The monoisotopic (exact) mass is 540 g/mol. The molecule has 1 aromatic carbocycles. The van der Waals surface area contributed by atoms with Gasteiger partial charge in [-0.05, 0) is 48.8 Å². The number of carbonyl (C=O) groups excluding carboxylic acids is 2. The number of rotatable bonds is 8. The van der Waals surface area contributed by atoms with Crippen LogP contribution in [0, 0.1) is 17.8 Å². The Morgan fingerprint density at radius 1 is 1.24 bits per heavy atom. The maximum atomic E-state index is 12.9. The first-order chi connectivity index (χ1) is 17.7. The second kappa shape index (κ2) is 11.9. The van der Waals surface area contributed by atoms with Gasteiger partial charge in [-0.3, -0.25) is 14.6 Å². The van der Waals surface area contributed by atoms with Crippen molar-refractivity contribution in [3.8, 4) is 0 Å². The molecule has 202 valence electrons. The van der Waals surface area contributed by atoms with Gasteiger partial charge in [0.05, 0.1) is 23.7 Å². The summed E-state index contributed by atoms with van der Waals surface area (Å²) >= 11 is 1.51. The van der Waals surface area contributed by atoms with Crippen molar-refractivity contribution >= 4 is 23.2 Å². The summed E-state index contributed by atoms with van der Waals surface area (Å²) in [6, 6.07) is 3.88. The molecule has 1 saturated carbocycles. The van der Waals surface area contributed by atoms with Crippen LogP contribution in [-0.4, -0.2) is 67.4 Å². The lowest BCUT2D eigenvalue weighted by Gasteiger charge is -2.44. The van der Waals surface area contributed by atoms with Gasteiger partial charge in [0.15, 0.2) is 0 Å². The molecule has 2 aromatic rings. The van der Waals surface area contributed by atoms with Gasteiger partial charge >= 0.3 is 6.18 Å². The van der Waals surface area contributed by atoms with E-state index in [4.69, 9.17) is 4.74 Å². The van der Waals surface area contributed by atoms with E-state index in [9.17, 15) is 27.9 Å². The summed E-state index contributed by atoms with van der Waals surface area (Å²) in [4.78, 5) is 30.3. The standard InChI is InChI=1S/C25H31F3N4O4S/c1-36-12-18-16(5-6-20(33)23(18)21-10-30-13-37-21)17-8-29-9-19(17)32-22(34)11-31-24(35)14-3-2-4-15(7-14)25(26,27)28/h2-4,7,10,13,16-20,23,29,33H,5-6,8-9,11-12H2,1H3,(H,31,35)(H,32,34)/t16?,17?,18?,19-,20?,23?/m0/s1. The first kappa shape index (κ1) is 27.5. The summed E-state index contributed by atoms with van der Waals surface area (Å²) in [6.45, 7) is 1.36. The highest BCUT2D eigenvalue weighted by atomic mass is 32.1. The zero-order chi connectivity index (χ0) is 26.6. The first-order valence-corrected chi connectivity index (χ1v) is 13.1. The fourth-order valence-corrected chi connectivity index (χ4v) is 6.57. The van der Waals surface area contributed by atoms with Crippen molar-refractivity contribution in [2.24, 2.45) is 17.8 Å². The largest absolute Gasteiger partial charge is 0.416 e. The van der Waals surface area contributed by atoms with Gasteiger partial charge in [-0.2, -0.15) is 13.2 Å². The number of ether oxygens (including phenoxy) is 1. The van der Waals surface area contributed by atoms with Crippen LogP contribution in [-0.2, 0) is 15.7 Å². The Hall–Kier alpha value is -2.54. The molecule has 0 spiro atoms. The maximum Gasteiger partial charge on any atom is 0.416 e. The summed E-state index contributed by atoms with van der Waals surface area (Å²) in [5.74, 6) is -0.969. The number of benzene rings is 1. The lowest BCUT2D eigenvalue weighted by atomic mass is 9.65. The van der Waals surface area contributed by atoms with Gasteiger partial charge in [0.25, 0.3) is 5.91 Å². The van der Waals surface area contributed by atoms with Gasteiger partial charge in [0.2, 0.25) is 5.91 Å². The molecule has 6 atom stereocenters. The molecule has 0 radical (unpaired) electrons. The molecule has 1 saturated heterocycles. The normalized spacial score (nSPS) is 28.1. The van der Waals surface area contributed by atoms with E-state index in [1.165, 1.54) is 17.4 Å². The second-order valence-electron chi connectivity index (χ2n) is 9.61. The van der Waals surface area contributed by atoms with Crippen LogP contribution in [0.15, 0.2) is 36.0 Å². The highest BCUT2D eigenvalue weighted by molar-refractivity contribution is 7.09. The molecule has 4 N–H and O–H groups in total. The van der Waals surface area contributed by atoms with Gasteiger partial charge < -0.3 is 25.8 Å². The third-order valence-electron chi connectivity index (χ3n) is 7.38. The summed E-state index contributed by atoms with van der Waals surface area (Å²) in [5.41, 5.74) is 0.660. The van der Waals surface area contributed by atoms with Crippen LogP contribution in [0.2, 0.25) is 0 Å². The summed E-state index contributed by atoms with van der Waals surface area (Å²) < 4.78 is 44.4. The van der Waals surface area contributed by atoms with Crippen LogP contribution in [0.5, 0.6) is 0 Å². The average molecular weight is 541 g/mol. The molecular formula is C25H31F3N4O4S.